The molecule has 5 rings (SSSR count). The molecule has 3 aromatic rings. The number of rotatable bonds is 3. The zero-order valence-electron chi connectivity index (χ0n) is 17.1. The fourth-order valence-corrected chi connectivity index (χ4v) is 5.83. The first kappa shape index (κ1) is 20.5. The predicted octanol–water partition coefficient (Wildman–Crippen LogP) is 4.63. The molecule has 4 heterocycles. The average Bonchev–Trinajstić information content (AvgIpc) is 3.20. The first-order valence-corrected chi connectivity index (χ1v) is 11.8. The highest BCUT2D eigenvalue weighted by atomic mass is 35.5. The molecule has 0 amide bonds. The van der Waals surface area contributed by atoms with Crippen LogP contribution in [0.4, 0.5) is 11.6 Å². The molecule has 4 N–H and O–H groups in total. The van der Waals surface area contributed by atoms with Crippen molar-refractivity contribution in [2.24, 2.45) is 5.73 Å². The molecule has 1 aromatic carbocycles. The second kappa shape index (κ2) is 8.65. The summed E-state index contributed by atoms with van der Waals surface area (Å²) < 4.78 is 0. The number of nitrogen functional groups attached to an aromatic ring is 1. The Kier molecular flexibility index (Phi) is 5.73. The van der Waals surface area contributed by atoms with Crippen molar-refractivity contribution < 1.29 is 0 Å². The number of nitrogens with zero attached hydrogens (tertiary/aromatic N) is 4. The Hall–Kier alpha value is -2.35. The minimum absolute atomic E-state index is 0.0441. The van der Waals surface area contributed by atoms with Crippen molar-refractivity contribution in [2.45, 2.75) is 60.2 Å². The molecule has 2 aromatic heterocycles. The number of pyridine rings is 1. The normalized spacial score (nSPS) is 23.0. The van der Waals surface area contributed by atoms with Crippen LogP contribution in [0.15, 0.2) is 58.8 Å². The van der Waals surface area contributed by atoms with Gasteiger partial charge < -0.3 is 16.4 Å². The Bertz CT molecular complexity index is 1080. The van der Waals surface area contributed by atoms with Gasteiger partial charge in [-0.3, -0.25) is 0 Å². The van der Waals surface area contributed by atoms with Crippen LogP contribution in [-0.4, -0.2) is 27.0 Å². The third kappa shape index (κ3) is 4.10. The van der Waals surface area contributed by atoms with E-state index in [2.05, 4.69) is 39.1 Å². The first-order chi connectivity index (χ1) is 15.1. The molecular weight excluding hydrogens is 428 g/mol. The Balaban J connectivity index is 1.38. The minimum Gasteiger partial charge on any atom is -0.382 e. The van der Waals surface area contributed by atoms with Crippen LogP contribution in [0.1, 0.15) is 42.9 Å². The van der Waals surface area contributed by atoms with Crippen LogP contribution in [0.5, 0.6) is 0 Å². The lowest BCUT2D eigenvalue weighted by molar-refractivity contribution is 0.523. The lowest BCUT2D eigenvalue weighted by Crippen LogP contribution is -2.38. The summed E-state index contributed by atoms with van der Waals surface area (Å²) in [6.45, 7) is 0. The summed E-state index contributed by atoms with van der Waals surface area (Å²) in [5.41, 5.74) is 15.1. The van der Waals surface area contributed by atoms with E-state index in [0.717, 1.165) is 41.4 Å². The van der Waals surface area contributed by atoms with Crippen LogP contribution < -0.4 is 16.4 Å². The van der Waals surface area contributed by atoms with Gasteiger partial charge in [0.25, 0.3) is 0 Å². The van der Waals surface area contributed by atoms with Gasteiger partial charge in [-0.2, -0.15) is 0 Å². The second-order valence-corrected chi connectivity index (χ2v) is 9.64. The van der Waals surface area contributed by atoms with Crippen molar-refractivity contribution in [1.29, 1.82) is 0 Å². The molecule has 0 saturated carbocycles. The molecule has 6 nitrogen and oxygen atoms in total. The molecule has 2 aliphatic rings. The summed E-state index contributed by atoms with van der Waals surface area (Å²) >= 11 is 7.71. The molecule has 0 spiro atoms. The zero-order chi connectivity index (χ0) is 21.4. The van der Waals surface area contributed by atoms with E-state index in [1.807, 2.05) is 18.5 Å². The molecule has 0 unspecified atom stereocenters. The van der Waals surface area contributed by atoms with E-state index in [0.29, 0.717) is 22.9 Å². The van der Waals surface area contributed by atoms with E-state index in [4.69, 9.17) is 28.1 Å². The Labute approximate surface area is 191 Å². The van der Waals surface area contributed by atoms with Gasteiger partial charge >= 0.3 is 0 Å². The molecule has 31 heavy (non-hydrogen) atoms. The van der Waals surface area contributed by atoms with Gasteiger partial charge in [-0.05, 0) is 49.3 Å². The van der Waals surface area contributed by atoms with Crippen LogP contribution in [0.3, 0.4) is 0 Å². The smallest absolute Gasteiger partial charge is 0.147 e. The molecule has 2 bridgehead atoms. The number of benzene rings is 1. The Morgan fingerprint density at radius 2 is 1.84 bits per heavy atom. The highest BCUT2D eigenvalue weighted by Gasteiger charge is 2.36. The molecular formula is C23H25ClN6S. The number of halogens is 1. The Morgan fingerprint density at radius 3 is 2.68 bits per heavy atom. The lowest BCUT2D eigenvalue weighted by Gasteiger charge is -2.31. The maximum atomic E-state index is 6.65. The summed E-state index contributed by atoms with van der Waals surface area (Å²) in [5.74, 6) is 1.25. The largest absolute Gasteiger partial charge is 0.382 e. The summed E-state index contributed by atoms with van der Waals surface area (Å²) in [4.78, 5) is 16.7. The van der Waals surface area contributed by atoms with Crippen LogP contribution in [0, 0.1) is 0 Å². The van der Waals surface area contributed by atoms with Crippen molar-refractivity contribution in [3.8, 4) is 0 Å². The van der Waals surface area contributed by atoms with E-state index >= 15 is 0 Å². The fourth-order valence-electron chi connectivity index (χ4n) is 4.84. The van der Waals surface area contributed by atoms with Gasteiger partial charge in [0.15, 0.2) is 0 Å². The summed E-state index contributed by atoms with van der Waals surface area (Å²) in [6, 6.07) is 11.3. The van der Waals surface area contributed by atoms with E-state index in [9.17, 15) is 0 Å². The zero-order valence-corrected chi connectivity index (χ0v) is 18.7. The molecule has 1 saturated heterocycles. The topological polar surface area (TPSA) is 94.0 Å². The third-order valence-electron chi connectivity index (χ3n) is 6.32. The molecule has 0 radical (unpaired) electrons. The maximum Gasteiger partial charge on any atom is 0.147 e. The monoisotopic (exact) mass is 452 g/mol. The quantitative estimate of drug-likeness (QED) is 0.598. The van der Waals surface area contributed by atoms with Crippen molar-refractivity contribution in [2.75, 3.05) is 10.6 Å². The molecule has 8 heteroatoms. The maximum absolute atomic E-state index is 6.65. The van der Waals surface area contributed by atoms with Gasteiger partial charge in [0, 0.05) is 29.2 Å². The number of hydrogen-bond acceptors (Lipinski definition) is 7. The fraction of sp³-hybridized carbons (Fsp3) is 0.348. The molecule has 1 fully saturated rings. The molecule has 3 atom stereocenters. The summed E-state index contributed by atoms with van der Waals surface area (Å²) in [7, 11) is 0. The van der Waals surface area contributed by atoms with Crippen LogP contribution in [0.25, 0.3) is 0 Å². The second-order valence-electron chi connectivity index (χ2n) is 8.20. The lowest BCUT2D eigenvalue weighted by atomic mass is 9.91. The van der Waals surface area contributed by atoms with Crippen LogP contribution >= 0.6 is 23.4 Å². The van der Waals surface area contributed by atoms with Gasteiger partial charge in [-0.25, -0.2) is 15.0 Å². The number of aromatic nitrogens is 3. The Morgan fingerprint density at radius 1 is 1.00 bits per heavy atom. The molecule has 160 valence electrons. The van der Waals surface area contributed by atoms with Crippen LogP contribution in [-0.2, 0) is 6.42 Å². The van der Waals surface area contributed by atoms with Gasteiger partial charge in [0.2, 0.25) is 0 Å². The highest BCUT2D eigenvalue weighted by Crippen LogP contribution is 2.39. The highest BCUT2D eigenvalue weighted by molar-refractivity contribution is 7.99. The SMILES string of the molecule is Nc1nccc(Sc2cnc(N3[C@H]4CCc5ccccc5[C@@H](N)C[C@@H]3CC4)cn2)c1Cl. The first-order valence-electron chi connectivity index (χ1n) is 10.6. The van der Waals surface area contributed by atoms with E-state index < -0.39 is 0 Å². The van der Waals surface area contributed by atoms with E-state index in [-0.39, 0.29) is 6.04 Å². The van der Waals surface area contributed by atoms with Crippen molar-refractivity contribution in [3.63, 3.8) is 0 Å². The summed E-state index contributed by atoms with van der Waals surface area (Å²) in [6.07, 6.45) is 10.7. The molecule has 0 aliphatic carbocycles. The number of nitrogens with two attached hydrogens (primary N) is 2. The summed E-state index contributed by atoms with van der Waals surface area (Å²) in [5, 5.41) is 1.22. The van der Waals surface area contributed by atoms with Gasteiger partial charge in [0.05, 0.1) is 17.4 Å². The minimum atomic E-state index is 0.0441. The average molecular weight is 453 g/mol. The van der Waals surface area contributed by atoms with Crippen molar-refractivity contribution in [3.05, 3.63) is 65.1 Å². The number of aryl methyl sites for hydroxylation is 1. The standard InChI is InChI=1S/C23H25ClN6S/c24-22-19(9-10-27-23(22)26)31-21-13-28-20(12-29-21)30-15-6-5-14-3-1-2-4-17(14)18(25)11-16(30)8-7-15/h1-4,9-10,12-13,15-16,18H,5-8,11,25H2,(H2,26,27)/t15-,16-,18-/m0/s1. The van der Waals surface area contributed by atoms with Crippen LogP contribution in [0.2, 0.25) is 5.02 Å². The van der Waals surface area contributed by atoms with E-state index in [1.165, 1.54) is 29.3 Å². The van der Waals surface area contributed by atoms with Crippen molar-refractivity contribution in [1.82, 2.24) is 15.0 Å². The van der Waals surface area contributed by atoms with Gasteiger partial charge in [-0.1, -0.05) is 47.6 Å². The third-order valence-corrected chi connectivity index (χ3v) is 7.81. The van der Waals surface area contributed by atoms with E-state index in [1.54, 1.807) is 6.20 Å². The molecule has 2 aliphatic heterocycles. The van der Waals surface area contributed by atoms with Gasteiger partial charge in [-0.15, -0.1) is 0 Å². The van der Waals surface area contributed by atoms with Gasteiger partial charge in [0.1, 0.15) is 16.7 Å². The number of fused-ring (bicyclic) bond motifs is 3. The number of hydrogen-bond donors (Lipinski definition) is 2. The van der Waals surface area contributed by atoms with Crippen molar-refractivity contribution >= 4 is 35.0 Å². The predicted molar refractivity (Wildman–Crippen MR) is 125 cm³/mol. The number of anilines is 2.